The fourth-order valence-electron chi connectivity index (χ4n) is 2.51. The molecule has 1 atom stereocenters. The number of benzene rings is 1. The van der Waals surface area contributed by atoms with Gasteiger partial charge in [0, 0.05) is 18.5 Å². The minimum atomic E-state index is -0.340. The van der Waals surface area contributed by atoms with Crippen molar-refractivity contribution in [3.63, 3.8) is 0 Å². The van der Waals surface area contributed by atoms with E-state index in [-0.39, 0.29) is 23.5 Å². The first-order chi connectivity index (χ1) is 9.02. The van der Waals surface area contributed by atoms with Crippen LogP contribution >= 0.6 is 0 Å². The number of hydrogen-bond acceptors (Lipinski definition) is 2. The maximum atomic E-state index is 13.2. The summed E-state index contributed by atoms with van der Waals surface area (Å²) < 4.78 is 13.2. The van der Waals surface area contributed by atoms with Crippen molar-refractivity contribution in [1.29, 1.82) is 0 Å². The Labute approximate surface area is 112 Å². The van der Waals surface area contributed by atoms with Gasteiger partial charge in [0.25, 0.3) is 5.91 Å². The lowest BCUT2D eigenvalue weighted by Gasteiger charge is -2.15. The second-order valence-corrected chi connectivity index (χ2v) is 5.13. The van der Waals surface area contributed by atoms with Crippen LogP contribution in [0.1, 0.15) is 42.1 Å². The van der Waals surface area contributed by atoms with Crippen molar-refractivity contribution < 1.29 is 14.0 Å². The third-order valence-electron chi connectivity index (χ3n) is 3.55. The highest BCUT2D eigenvalue weighted by Gasteiger charge is 2.33. The standard InChI is InChI=1S/C15H18FNO2/c1-3-4-11-8-14(18)17(9-11)15(19)12-5-6-13(16)10(2)7-12/h5-7,11H,3-4,8-9H2,1-2H3. The number of likely N-dealkylation sites (tertiary alicyclic amines) is 1. The average Bonchev–Trinajstić information content (AvgIpc) is 2.73. The summed E-state index contributed by atoms with van der Waals surface area (Å²) in [5.74, 6) is -0.506. The van der Waals surface area contributed by atoms with Gasteiger partial charge in [-0.25, -0.2) is 4.39 Å². The summed E-state index contributed by atoms with van der Waals surface area (Å²) >= 11 is 0. The molecule has 2 rings (SSSR count). The van der Waals surface area contributed by atoms with E-state index in [1.165, 1.54) is 23.1 Å². The minimum Gasteiger partial charge on any atom is -0.278 e. The highest BCUT2D eigenvalue weighted by Crippen LogP contribution is 2.24. The SMILES string of the molecule is CCCC1CC(=O)N(C(=O)c2ccc(F)c(C)c2)C1. The number of carbonyl (C=O) groups is 2. The maximum absolute atomic E-state index is 13.2. The Hall–Kier alpha value is -1.71. The molecule has 2 amide bonds. The molecule has 0 radical (unpaired) electrons. The van der Waals surface area contributed by atoms with Gasteiger partial charge in [0.2, 0.25) is 5.91 Å². The number of nitrogens with zero attached hydrogens (tertiary/aromatic N) is 1. The zero-order chi connectivity index (χ0) is 14.0. The summed E-state index contributed by atoms with van der Waals surface area (Å²) in [6.07, 6.45) is 2.41. The zero-order valence-corrected chi connectivity index (χ0v) is 11.3. The van der Waals surface area contributed by atoms with Gasteiger partial charge in [-0.1, -0.05) is 13.3 Å². The molecule has 19 heavy (non-hydrogen) atoms. The lowest BCUT2D eigenvalue weighted by Crippen LogP contribution is -2.32. The second kappa shape index (κ2) is 5.51. The first-order valence-corrected chi connectivity index (χ1v) is 6.63. The lowest BCUT2D eigenvalue weighted by atomic mass is 10.0. The largest absolute Gasteiger partial charge is 0.278 e. The molecule has 1 fully saturated rings. The lowest BCUT2D eigenvalue weighted by molar-refractivity contribution is -0.125. The smallest absolute Gasteiger partial charge is 0.260 e. The monoisotopic (exact) mass is 263 g/mol. The number of aryl methyl sites for hydroxylation is 1. The topological polar surface area (TPSA) is 37.4 Å². The molecule has 0 aliphatic carbocycles. The molecule has 3 nitrogen and oxygen atoms in total. The van der Waals surface area contributed by atoms with Crippen LogP contribution in [0.4, 0.5) is 4.39 Å². The molecule has 1 aromatic rings. The summed E-state index contributed by atoms with van der Waals surface area (Å²) in [5, 5.41) is 0. The summed E-state index contributed by atoms with van der Waals surface area (Å²) in [7, 11) is 0. The van der Waals surface area contributed by atoms with Crippen molar-refractivity contribution in [2.75, 3.05) is 6.54 Å². The van der Waals surface area contributed by atoms with Crippen molar-refractivity contribution in [3.05, 3.63) is 35.1 Å². The fourth-order valence-corrected chi connectivity index (χ4v) is 2.51. The van der Waals surface area contributed by atoms with Gasteiger partial charge in [-0.3, -0.25) is 14.5 Å². The molecule has 1 unspecified atom stereocenters. The Kier molecular flexibility index (Phi) is 3.98. The van der Waals surface area contributed by atoms with Gasteiger partial charge >= 0.3 is 0 Å². The van der Waals surface area contributed by atoms with E-state index in [1.807, 2.05) is 0 Å². The van der Waals surface area contributed by atoms with E-state index < -0.39 is 0 Å². The van der Waals surface area contributed by atoms with Gasteiger partial charge in [-0.15, -0.1) is 0 Å². The predicted octanol–water partition coefficient (Wildman–Crippen LogP) is 2.92. The fraction of sp³-hybridized carbons (Fsp3) is 0.467. The zero-order valence-electron chi connectivity index (χ0n) is 11.3. The van der Waals surface area contributed by atoms with Gasteiger partial charge in [-0.2, -0.15) is 0 Å². The minimum absolute atomic E-state index is 0.120. The van der Waals surface area contributed by atoms with E-state index in [1.54, 1.807) is 6.92 Å². The normalized spacial score (nSPS) is 19.0. The van der Waals surface area contributed by atoms with E-state index in [0.717, 1.165) is 12.8 Å². The molecule has 0 bridgehead atoms. The first-order valence-electron chi connectivity index (χ1n) is 6.63. The number of hydrogen-bond donors (Lipinski definition) is 0. The molecule has 0 saturated carbocycles. The van der Waals surface area contributed by atoms with Gasteiger partial charge in [-0.05, 0) is 43.0 Å². The number of rotatable bonds is 3. The second-order valence-electron chi connectivity index (χ2n) is 5.13. The molecule has 1 aliphatic heterocycles. The van der Waals surface area contributed by atoms with Crippen LogP contribution in [0.5, 0.6) is 0 Å². The molecule has 0 N–H and O–H groups in total. The maximum Gasteiger partial charge on any atom is 0.260 e. The Bertz CT molecular complexity index is 513. The Morgan fingerprint density at radius 2 is 2.21 bits per heavy atom. The number of halogens is 1. The molecule has 1 saturated heterocycles. The van der Waals surface area contributed by atoms with E-state index >= 15 is 0 Å². The average molecular weight is 263 g/mol. The number of imide groups is 1. The number of amides is 2. The molecular formula is C15H18FNO2. The van der Waals surface area contributed by atoms with Crippen molar-refractivity contribution in [1.82, 2.24) is 4.90 Å². The summed E-state index contributed by atoms with van der Waals surface area (Å²) in [6.45, 7) is 4.16. The summed E-state index contributed by atoms with van der Waals surface area (Å²) in [4.78, 5) is 25.4. The van der Waals surface area contributed by atoms with E-state index in [9.17, 15) is 14.0 Å². The third kappa shape index (κ3) is 2.83. The highest BCUT2D eigenvalue weighted by molar-refractivity contribution is 6.05. The van der Waals surface area contributed by atoms with Gasteiger partial charge < -0.3 is 0 Å². The van der Waals surface area contributed by atoms with Crippen LogP contribution in [0.25, 0.3) is 0 Å². The van der Waals surface area contributed by atoms with Crippen molar-refractivity contribution in [3.8, 4) is 0 Å². The Balaban J connectivity index is 2.15. The van der Waals surface area contributed by atoms with Crippen molar-refractivity contribution >= 4 is 11.8 Å². The third-order valence-corrected chi connectivity index (χ3v) is 3.55. The Morgan fingerprint density at radius 1 is 1.47 bits per heavy atom. The molecule has 1 aromatic carbocycles. The molecule has 102 valence electrons. The summed E-state index contributed by atoms with van der Waals surface area (Å²) in [5.41, 5.74) is 0.798. The predicted molar refractivity (Wildman–Crippen MR) is 70.2 cm³/mol. The summed E-state index contributed by atoms with van der Waals surface area (Å²) in [6, 6.07) is 4.20. The van der Waals surface area contributed by atoms with E-state index in [2.05, 4.69) is 6.92 Å². The molecule has 0 aromatic heterocycles. The van der Waals surface area contributed by atoms with E-state index in [4.69, 9.17) is 0 Å². The number of carbonyl (C=O) groups excluding carboxylic acids is 2. The van der Waals surface area contributed by atoms with Crippen LogP contribution in [-0.2, 0) is 4.79 Å². The molecular weight excluding hydrogens is 245 g/mol. The van der Waals surface area contributed by atoms with Gasteiger partial charge in [0.15, 0.2) is 0 Å². The molecule has 1 aliphatic rings. The van der Waals surface area contributed by atoms with Gasteiger partial charge in [0.1, 0.15) is 5.82 Å². The van der Waals surface area contributed by atoms with Crippen LogP contribution in [0.2, 0.25) is 0 Å². The quantitative estimate of drug-likeness (QED) is 0.786. The first kappa shape index (κ1) is 13.7. The molecule has 1 heterocycles. The molecule has 0 spiro atoms. The van der Waals surface area contributed by atoms with Crippen LogP contribution < -0.4 is 0 Å². The molecule has 4 heteroatoms. The van der Waals surface area contributed by atoms with Crippen molar-refractivity contribution in [2.24, 2.45) is 5.92 Å². The van der Waals surface area contributed by atoms with Crippen molar-refractivity contribution in [2.45, 2.75) is 33.1 Å². The van der Waals surface area contributed by atoms with Crippen LogP contribution in [0.3, 0.4) is 0 Å². The van der Waals surface area contributed by atoms with Crippen LogP contribution in [0, 0.1) is 18.7 Å². The van der Waals surface area contributed by atoms with E-state index in [0.29, 0.717) is 24.1 Å². The highest BCUT2D eigenvalue weighted by atomic mass is 19.1. The van der Waals surface area contributed by atoms with Crippen LogP contribution in [0.15, 0.2) is 18.2 Å². The van der Waals surface area contributed by atoms with Gasteiger partial charge in [0.05, 0.1) is 0 Å². The van der Waals surface area contributed by atoms with Crippen LogP contribution in [-0.4, -0.2) is 23.3 Å². The Morgan fingerprint density at radius 3 is 2.84 bits per heavy atom.